The fraction of sp³-hybridized carbons (Fsp3) is 0.136. The molecule has 3 aromatic rings. The van der Waals surface area contributed by atoms with Crippen LogP contribution >= 0.6 is 0 Å². The number of nitrogens with zero attached hydrogens (tertiary/aromatic N) is 2. The largest absolute Gasteiger partial charge is 0.452 e. The molecule has 0 atom stereocenters. The number of carbonyl (C=O) groups excluding carboxylic acids is 3. The third kappa shape index (κ3) is 6.10. The second kappa shape index (κ2) is 9.97. The Labute approximate surface area is 178 Å². The van der Waals surface area contributed by atoms with Crippen LogP contribution in [0, 0.1) is 13.8 Å². The summed E-state index contributed by atoms with van der Waals surface area (Å²) in [5.74, 6) is -1.21. The van der Waals surface area contributed by atoms with Crippen LogP contribution in [0.1, 0.15) is 21.5 Å². The number of hydrogen-bond acceptors (Lipinski definition) is 7. The van der Waals surface area contributed by atoms with Crippen molar-refractivity contribution < 1.29 is 23.9 Å². The van der Waals surface area contributed by atoms with Gasteiger partial charge in [-0.3, -0.25) is 15.1 Å². The number of nitrogens with one attached hydrogen (secondary N) is 2. The van der Waals surface area contributed by atoms with Gasteiger partial charge in [-0.2, -0.15) is 0 Å². The quantitative estimate of drug-likeness (QED) is 0.587. The number of amides is 3. The van der Waals surface area contributed by atoms with Crippen molar-refractivity contribution in [3.63, 3.8) is 0 Å². The summed E-state index contributed by atoms with van der Waals surface area (Å²) < 4.78 is 10.5. The molecule has 0 aliphatic rings. The van der Waals surface area contributed by atoms with Crippen LogP contribution in [-0.2, 0) is 9.53 Å². The van der Waals surface area contributed by atoms with Crippen LogP contribution in [0.25, 0.3) is 0 Å². The highest BCUT2D eigenvalue weighted by atomic mass is 16.5. The number of anilines is 1. The minimum atomic E-state index is -0.822. The predicted molar refractivity (Wildman–Crippen MR) is 112 cm³/mol. The summed E-state index contributed by atoms with van der Waals surface area (Å²) >= 11 is 0. The van der Waals surface area contributed by atoms with E-state index in [2.05, 4.69) is 20.6 Å². The fourth-order valence-electron chi connectivity index (χ4n) is 2.50. The SMILES string of the molecule is Cc1ccc(NC(=O)NC(=O)COC(=O)c2cccnc2Oc2cccnc2)cc1C. The van der Waals surface area contributed by atoms with E-state index in [0.717, 1.165) is 11.1 Å². The van der Waals surface area contributed by atoms with Gasteiger partial charge in [0.1, 0.15) is 11.3 Å². The number of imide groups is 1. The molecule has 0 radical (unpaired) electrons. The molecule has 1 aromatic carbocycles. The van der Waals surface area contributed by atoms with Crippen molar-refractivity contribution in [3.05, 3.63) is 77.7 Å². The molecule has 2 N–H and O–H groups in total. The Bertz CT molecular complexity index is 1100. The van der Waals surface area contributed by atoms with Crippen LogP contribution in [-0.4, -0.2) is 34.5 Å². The number of aryl methyl sites for hydroxylation is 2. The molecule has 2 aromatic heterocycles. The minimum Gasteiger partial charge on any atom is -0.452 e. The number of aromatic nitrogens is 2. The first-order valence-corrected chi connectivity index (χ1v) is 9.30. The van der Waals surface area contributed by atoms with Gasteiger partial charge in [-0.1, -0.05) is 6.07 Å². The molecule has 0 aliphatic heterocycles. The van der Waals surface area contributed by atoms with Crippen molar-refractivity contribution in [1.29, 1.82) is 0 Å². The van der Waals surface area contributed by atoms with Crippen molar-refractivity contribution in [2.75, 3.05) is 11.9 Å². The van der Waals surface area contributed by atoms with Gasteiger partial charge in [-0.15, -0.1) is 0 Å². The zero-order chi connectivity index (χ0) is 22.2. The number of urea groups is 1. The summed E-state index contributed by atoms with van der Waals surface area (Å²) in [4.78, 5) is 44.2. The lowest BCUT2D eigenvalue weighted by molar-refractivity contribution is -0.123. The number of benzene rings is 1. The Morgan fingerprint density at radius 2 is 1.81 bits per heavy atom. The van der Waals surface area contributed by atoms with Gasteiger partial charge in [0.05, 0.1) is 6.20 Å². The lowest BCUT2D eigenvalue weighted by Crippen LogP contribution is -2.37. The number of ether oxygens (including phenoxy) is 2. The van der Waals surface area contributed by atoms with Crippen LogP contribution in [0.15, 0.2) is 61.1 Å². The van der Waals surface area contributed by atoms with E-state index >= 15 is 0 Å². The number of hydrogen-bond donors (Lipinski definition) is 2. The molecule has 0 spiro atoms. The predicted octanol–water partition coefficient (Wildman–Crippen LogP) is 3.39. The Balaban J connectivity index is 1.54. The summed E-state index contributed by atoms with van der Waals surface area (Å²) in [7, 11) is 0. The molecule has 9 heteroatoms. The Kier molecular flexibility index (Phi) is 6.89. The zero-order valence-electron chi connectivity index (χ0n) is 16.9. The molecule has 3 rings (SSSR count). The summed E-state index contributed by atoms with van der Waals surface area (Å²) in [6.45, 7) is 3.21. The van der Waals surface area contributed by atoms with Gasteiger partial charge >= 0.3 is 12.0 Å². The van der Waals surface area contributed by atoms with E-state index in [1.165, 1.54) is 24.5 Å². The smallest absolute Gasteiger partial charge is 0.344 e. The third-order valence-corrected chi connectivity index (χ3v) is 4.19. The van der Waals surface area contributed by atoms with Crippen molar-refractivity contribution in [2.24, 2.45) is 0 Å². The first-order chi connectivity index (χ1) is 14.9. The zero-order valence-corrected chi connectivity index (χ0v) is 16.9. The molecule has 0 saturated carbocycles. The van der Waals surface area contributed by atoms with Gasteiger partial charge in [-0.25, -0.2) is 14.6 Å². The highest BCUT2D eigenvalue weighted by Gasteiger charge is 2.18. The van der Waals surface area contributed by atoms with E-state index < -0.39 is 24.5 Å². The molecule has 0 saturated heterocycles. The molecule has 0 unspecified atom stereocenters. The lowest BCUT2D eigenvalue weighted by Gasteiger charge is -2.10. The van der Waals surface area contributed by atoms with E-state index in [4.69, 9.17) is 9.47 Å². The second-order valence-corrected chi connectivity index (χ2v) is 6.52. The van der Waals surface area contributed by atoms with Crippen molar-refractivity contribution in [2.45, 2.75) is 13.8 Å². The maximum absolute atomic E-state index is 12.4. The molecule has 0 aliphatic carbocycles. The van der Waals surface area contributed by atoms with Gasteiger partial charge in [-0.05, 0) is 61.4 Å². The number of rotatable bonds is 6. The average Bonchev–Trinajstić information content (AvgIpc) is 2.76. The van der Waals surface area contributed by atoms with Gasteiger partial charge in [0.2, 0.25) is 5.88 Å². The summed E-state index contributed by atoms with van der Waals surface area (Å²) in [5.41, 5.74) is 2.65. The number of carbonyl (C=O) groups is 3. The average molecular weight is 420 g/mol. The van der Waals surface area contributed by atoms with Gasteiger partial charge in [0.25, 0.3) is 5.91 Å². The van der Waals surface area contributed by atoms with E-state index in [9.17, 15) is 14.4 Å². The molecular formula is C22H20N4O5. The molecule has 3 amide bonds. The monoisotopic (exact) mass is 420 g/mol. The summed E-state index contributed by atoms with van der Waals surface area (Å²) in [6, 6.07) is 10.9. The van der Waals surface area contributed by atoms with Crippen LogP contribution in [0.3, 0.4) is 0 Å². The number of pyridine rings is 2. The van der Waals surface area contributed by atoms with E-state index in [1.54, 1.807) is 30.5 Å². The highest BCUT2D eigenvalue weighted by Crippen LogP contribution is 2.22. The maximum Gasteiger partial charge on any atom is 0.344 e. The Hall–Kier alpha value is -4.27. The van der Waals surface area contributed by atoms with Crippen molar-refractivity contribution in [3.8, 4) is 11.6 Å². The molecule has 2 heterocycles. The van der Waals surface area contributed by atoms with Crippen molar-refractivity contribution >= 4 is 23.6 Å². The highest BCUT2D eigenvalue weighted by molar-refractivity contribution is 6.02. The first-order valence-electron chi connectivity index (χ1n) is 9.30. The van der Waals surface area contributed by atoms with Gasteiger partial charge in [0.15, 0.2) is 6.61 Å². The van der Waals surface area contributed by atoms with E-state index in [-0.39, 0.29) is 11.4 Å². The van der Waals surface area contributed by atoms with E-state index in [1.807, 2.05) is 19.9 Å². The number of esters is 1. The van der Waals surface area contributed by atoms with Gasteiger partial charge in [0, 0.05) is 18.1 Å². The normalized spacial score (nSPS) is 10.1. The standard InChI is InChI=1S/C22H20N4O5/c1-14-7-8-16(11-15(14)2)25-22(29)26-19(27)13-30-21(28)18-6-4-10-24-20(18)31-17-5-3-9-23-12-17/h3-12H,13H2,1-2H3,(H2,25,26,27,29). The van der Waals surface area contributed by atoms with Crippen LogP contribution in [0.5, 0.6) is 11.6 Å². The minimum absolute atomic E-state index is 0.00777. The Morgan fingerprint density at radius 3 is 2.55 bits per heavy atom. The Morgan fingerprint density at radius 1 is 1.00 bits per heavy atom. The summed E-state index contributed by atoms with van der Waals surface area (Å²) in [5, 5.41) is 4.65. The topological polar surface area (TPSA) is 120 Å². The third-order valence-electron chi connectivity index (χ3n) is 4.19. The fourth-order valence-corrected chi connectivity index (χ4v) is 2.50. The molecule has 158 valence electrons. The van der Waals surface area contributed by atoms with Crippen LogP contribution in [0.4, 0.5) is 10.5 Å². The summed E-state index contributed by atoms with van der Waals surface area (Å²) in [6.07, 6.45) is 4.49. The van der Waals surface area contributed by atoms with Crippen molar-refractivity contribution in [1.82, 2.24) is 15.3 Å². The second-order valence-electron chi connectivity index (χ2n) is 6.52. The molecular weight excluding hydrogens is 400 g/mol. The van der Waals surface area contributed by atoms with Gasteiger partial charge < -0.3 is 14.8 Å². The van der Waals surface area contributed by atoms with Crippen LogP contribution < -0.4 is 15.4 Å². The molecule has 31 heavy (non-hydrogen) atoms. The van der Waals surface area contributed by atoms with E-state index in [0.29, 0.717) is 11.4 Å². The lowest BCUT2D eigenvalue weighted by atomic mass is 10.1. The van der Waals surface area contributed by atoms with Crippen LogP contribution in [0.2, 0.25) is 0 Å². The maximum atomic E-state index is 12.4. The molecule has 0 bridgehead atoms. The first kappa shape index (κ1) is 21.4. The molecule has 0 fully saturated rings. The molecule has 9 nitrogen and oxygen atoms in total.